The first kappa shape index (κ1) is 68.6. The lowest BCUT2D eigenvalue weighted by Gasteiger charge is -2.30. The van der Waals surface area contributed by atoms with Gasteiger partial charge in [0, 0.05) is 44.9 Å². The molecule has 73 heavy (non-hydrogen) atoms. The van der Waals surface area contributed by atoms with E-state index >= 15 is 0 Å². The van der Waals surface area contributed by atoms with E-state index in [4.69, 9.17) is 28.4 Å². The monoisotopic (exact) mass is 1030 g/mol. The van der Waals surface area contributed by atoms with E-state index in [2.05, 4.69) is 50.0 Å². The van der Waals surface area contributed by atoms with Gasteiger partial charge in [0.1, 0.15) is 26.1 Å². The number of ether oxygens (including phenoxy) is 6. The second kappa shape index (κ2) is 51.1. The maximum Gasteiger partial charge on any atom is 0.305 e. The van der Waals surface area contributed by atoms with Gasteiger partial charge in [0.15, 0.2) is 0 Å². The van der Waals surface area contributed by atoms with E-state index < -0.39 is 29.9 Å². The Kier molecular flexibility index (Phi) is 48.1. The first-order valence-corrected chi connectivity index (χ1v) is 28.2. The molecule has 0 atom stereocenters. The Labute approximate surface area is 440 Å². The average molecular weight is 1030 g/mol. The van der Waals surface area contributed by atoms with Gasteiger partial charge in [-0.25, -0.2) is 0 Å². The first-order chi connectivity index (χ1) is 35.5. The molecule has 1 saturated heterocycles. The molecule has 0 spiro atoms. The van der Waals surface area contributed by atoms with Gasteiger partial charge < -0.3 is 43.2 Å². The van der Waals surface area contributed by atoms with Crippen LogP contribution in [0.2, 0.25) is 0 Å². The topological polar surface area (TPSA) is 198 Å². The number of carbonyl (C=O) groups is 7. The zero-order chi connectivity index (χ0) is 53.7. The Morgan fingerprint density at radius 3 is 1.04 bits per heavy atom. The number of rotatable bonds is 47. The van der Waals surface area contributed by atoms with Crippen LogP contribution in [0.4, 0.5) is 0 Å². The molecule has 1 aliphatic rings. The van der Waals surface area contributed by atoms with Crippen molar-refractivity contribution in [1.82, 2.24) is 4.90 Å². The Morgan fingerprint density at radius 1 is 0.411 bits per heavy atom. The number of allylic oxidation sites excluding steroid dienone is 3. The van der Waals surface area contributed by atoms with Crippen LogP contribution < -0.4 is 0 Å². The standard InChI is InChI=1S/C43H73NO11.C15H26O3/c1-3-5-7-9-11-13-21-32-51-38(46)24-15-17-26-40(48)53-35-43(34-45,37-55-42(50)28-23-31-44-29-19-20-30-44)36-54-41(49)27-18-16-25-39(47)52-33-22-14-12-10-8-6-4-2;1-2-3-4-5-6-7-11-14-18-15(17)12-9-8-10-13-16/h11-14,45H,3-10,15-37H2,1-2H3;6-7,13H,2-5,8-12,14H2,1H3/b13-11-,14-12-;7-6-. The maximum atomic E-state index is 12.6. The molecule has 0 radical (unpaired) electrons. The summed E-state index contributed by atoms with van der Waals surface area (Å²) in [5, 5.41) is 10.4. The van der Waals surface area contributed by atoms with Gasteiger partial charge in [0.25, 0.3) is 0 Å². The van der Waals surface area contributed by atoms with Crippen LogP contribution >= 0.6 is 0 Å². The summed E-state index contributed by atoms with van der Waals surface area (Å²) in [6.45, 7) is 8.99. The Hall–Kier alpha value is -4.37. The first-order valence-electron chi connectivity index (χ1n) is 28.2. The van der Waals surface area contributed by atoms with E-state index in [9.17, 15) is 38.7 Å². The number of esters is 6. The van der Waals surface area contributed by atoms with Gasteiger partial charge >= 0.3 is 35.8 Å². The predicted octanol–water partition coefficient (Wildman–Crippen LogP) is 11.5. The van der Waals surface area contributed by atoms with Crippen molar-refractivity contribution in [3.63, 3.8) is 0 Å². The van der Waals surface area contributed by atoms with Crippen LogP contribution in [0.1, 0.15) is 220 Å². The van der Waals surface area contributed by atoms with E-state index in [1.54, 1.807) is 0 Å². The number of likely N-dealkylation sites (tertiary alicyclic amines) is 1. The minimum atomic E-state index is -1.35. The van der Waals surface area contributed by atoms with Crippen molar-refractivity contribution in [2.75, 3.05) is 65.9 Å². The van der Waals surface area contributed by atoms with E-state index in [0.717, 1.165) is 90.1 Å². The average Bonchev–Trinajstić information content (AvgIpc) is 3.91. The van der Waals surface area contributed by atoms with Crippen LogP contribution in [0.3, 0.4) is 0 Å². The number of nitrogens with zero attached hydrogens (tertiary/aromatic N) is 1. The molecule has 15 heteroatoms. The number of hydrogen-bond acceptors (Lipinski definition) is 15. The van der Waals surface area contributed by atoms with Crippen LogP contribution in [0.25, 0.3) is 0 Å². The molecule has 1 rings (SSSR count). The molecule has 15 nitrogen and oxygen atoms in total. The molecule has 1 aliphatic heterocycles. The van der Waals surface area contributed by atoms with Gasteiger partial charge in [0.05, 0.1) is 31.8 Å². The molecule has 0 aromatic rings. The highest BCUT2D eigenvalue weighted by molar-refractivity contribution is 5.72. The Balaban J connectivity index is 0.00000242. The number of hydrogen-bond donors (Lipinski definition) is 1. The van der Waals surface area contributed by atoms with E-state index in [1.807, 2.05) is 12.2 Å². The fraction of sp³-hybridized carbons (Fsp3) is 0.776. The summed E-state index contributed by atoms with van der Waals surface area (Å²) >= 11 is 0. The molecule has 1 heterocycles. The molecule has 0 aliphatic carbocycles. The molecule has 0 aromatic carbocycles. The van der Waals surface area contributed by atoms with Crippen molar-refractivity contribution in [1.29, 1.82) is 0 Å². The smallest absolute Gasteiger partial charge is 0.305 e. The number of aliphatic hydroxyl groups is 1. The van der Waals surface area contributed by atoms with Gasteiger partial charge in [0.2, 0.25) is 0 Å². The fourth-order valence-corrected chi connectivity index (χ4v) is 7.39. The van der Waals surface area contributed by atoms with Gasteiger partial charge in [-0.2, -0.15) is 0 Å². The summed E-state index contributed by atoms with van der Waals surface area (Å²) in [7, 11) is 0. The third-order valence-corrected chi connectivity index (χ3v) is 12.0. The fourth-order valence-electron chi connectivity index (χ4n) is 7.39. The van der Waals surface area contributed by atoms with Crippen molar-refractivity contribution in [2.45, 2.75) is 220 Å². The summed E-state index contributed by atoms with van der Waals surface area (Å²) in [5.41, 5.74) is -1.35. The quantitative estimate of drug-likeness (QED) is 0.0198. The third-order valence-electron chi connectivity index (χ3n) is 12.0. The SMILES string of the molecule is CCCCC/C=C\CCOC(=O)CCCCC(=O)OCC(CO)(COC(=O)CCCCC(=O)OCC/C=C\CCCCC)COC(=O)CCCN1CCCC1.CCCCC/C=C\CCOC(=O)CCCCC=O. The van der Waals surface area contributed by atoms with E-state index in [1.165, 1.54) is 44.9 Å². The lowest BCUT2D eigenvalue weighted by atomic mass is 9.92. The predicted molar refractivity (Wildman–Crippen MR) is 285 cm³/mol. The molecule has 0 bridgehead atoms. The normalized spacial score (nSPS) is 12.7. The van der Waals surface area contributed by atoms with Crippen LogP contribution in [0, 0.1) is 5.41 Å². The number of unbranched alkanes of at least 4 members (excludes halogenated alkanes) is 13. The number of aldehydes is 1. The van der Waals surface area contributed by atoms with Gasteiger partial charge in [-0.1, -0.05) is 95.8 Å². The highest BCUT2D eigenvalue weighted by Gasteiger charge is 2.35. The second-order valence-corrected chi connectivity index (χ2v) is 19.0. The summed E-state index contributed by atoms with van der Waals surface area (Å²) in [6.07, 6.45) is 37.4. The van der Waals surface area contributed by atoms with Crippen molar-refractivity contribution in [3.05, 3.63) is 36.5 Å². The van der Waals surface area contributed by atoms with Crippen molar-refractivity contribution >= 4 is 42.1 Å². The second-order valence-electron chi connectivity index (χ2n) is 19.0. The van der Waals surface area contributed by atoms with E-state index in [0.29, 0.717) is 77.6 Å². The minimum Gasteiger partial charge on any atom is -0.465 e. The van der Waals surface area contributed by atoms with Crippen molar-refractivity contribution in [3.8, 4) is 0 Å². The van der Waals surface area contributed by atoms with E-state index in [-0.39, 0.29) is 69.8 Å². The summed E-state index contributed by atoms with van der Waals surface area (Å²) < 4.78 is 32.0. The molecule has 0 saturated carbocycles. The summed E-state index contributed by atoms with van der Waals surface area (Å²) in [4.78, 5) is 85.5. The van der Waals surface area contributed by atoms with Crippen LogP contribution in [0.15, 0.2) is 36.5 Å². The Morgan fingerprint density at radius 2 is 0.712 bits per heavy atom. The van der Waals surface area contributed by atoms with Crippen molar-refractivity contribution in [2.24, 2.45) is 5.41 Å². The molecule has 1 N–H and O–H groups in total. The molecule has 0 unspecified atom stereocenters. The van der Waals surface area contributed by atoms with Crippen LogP contribution in [-0.2, 0) is 62.0 Å². The molecular weight excluding hydrogens is 935 g/mol. The largest absolute Gasteiger partial charge is 0.465 e. The Bertz CT molecular complexity index is 1440. The lowest BCUT2D eigenvalue weighted by Crippen LogP contribution is -2.42. The van der Waals surface area contributed by atoms with Gasteiger partial charge in [-0.05, 0) is 135 Å². The molecule has 0 aromatic heterocycles. The summed E-state index contributed by atoms with van der Waals surface area (Å²) in [5.74, 6) is -2.31. The lowest BCUT2D eigenvalue weighted by molar-refractivity contribution is -0.166. The zero-order valence-corrected chi connectivity index (χ0v) is 45.7. The minimum absolute atomic E-state index is 0.0452. The highest BCUT2D eigenvalue weighted by atomic mass is 16.6. The summed E-state index contributed by atoms with van der Waals surface area (Å²) in [6, 6.07) is 0. The third kappa shape index (κ3) is 45.9. The molecular formula is C58H99NO14. The van der Waals surface area contributed by atoms with Crippen molar-refractivity contribution < 1.29 is 67.1 Å². The molecule has 0 amide bonds. The van der Waals surface area contributed by atoms with Crippen LogP contribution in [0.5, 0.6) is 0 Å². The van der Waals surface area contributed by atoms with Gasteiger partial charge in [-0.3, -0.25) is 28.8 Å². The molecule has 1 fully saturated rings. The van der Waals surface area contributed by atoms with Gasteiger partial charge in [-0.15, -0.1) is 0 Å². The maximum absolute atomic E-state index is 12.6. The highest BCUT2D eigenvalue weighted by Crippen LogP contribution is 2.21. The number of carbonyl (C=O) groups excluding carboxylic acids is 7. The zero-order valence-electron chi connectivity index (χ0n) is 45.7. The molecule has 420 valence electrons. The number of aliphatic hydroxyl groups excluding tert-OH is 1. The van der Waals surface area contributed by atoms with Crippen LogP contribution in [-0.4, -0.2) is 118 Å².